The predicted octanol–water partition coefficient (Wildman–Crippen LogP) is -2.70. The fraction of sp³-hybridized carbons (Fsp3) is 0.735. The molecule has 1 aliphatic rings. The fourth-order valence-electron chi connectivity index (χ4n) is 5.75. The Morgan fingerprint density at radius 1 is 0.782 bits per heavy atom. The van der Waals surface area contributed by atoms with Crippen LogP contribution in [0.15, 0.2) is 0 Å². The van der Waals surface area contributed by atoms with Gasteiger partial charge in [-0.3, -0.25) is 43.8 Å². The highest BCUT2D eigenvalue weighted by Crippen LogP contribution is 2.20. The number of hydrogen-bond acceptors (Lipinski definition) is 11. The van der Waals surface area contributed by atoms with Crippen LogP contribution in [-0.4, -0.2) is 138 Å². The number of carboxylic acid groups (broad SMARTS) is 1. The molecule has 1 saturated heterocycles. The Bertz CT molecular complexity index is 1350. The summed E-state index contributed by atoms with van der Waals surface area (Å²) in [5, 5.41) is 34.0. The van der Waals surface area contributed by atoms with Crippen LogP contribution in [-0.2, 0) is 38.4 Å². The second kappa shape index (κ2) is 25.4. The first-order chi connectivity index (χ1) is 25.9. The Kier molecular flexibility index (Phi) is 22.4. The minimum absolute atomic E-state index is 0.0396. The van der Waals surface area contributed by atoms with Gasteiger partial charge in [0.15, 0.2) is 5.96 Å². The van der Waals surface area contributed by atoms with Gasteiger partial charge in [-0.2, -0.15) is 11.8 Å². The van der Waals surface area contributed by atoms with Gasteiger partial charge >= 0.3 is 5.97 Å². The second-order valence-corrected chi connectivity index (χ2v) is 15.2. The van der Waals surface area contributed by atoms with Crippen LogP contribution in [0.1, 0.15) is 72.6 Å². The van der Waals surface area contributed by atoms with Crippen molar-refractivity contribution in [2.75, 3.05) is 44.7 Å². The monoisotopic (exact) mass is 799 g/mol. The molecular formula is C34H61N11O9S. The molecule has 5 atom stereocenters. The fourth-order valence-corrected chi connectivity index (χ4v) is 6.22. The lowest BCUT2D eigenvalue weighted by Gasteiger charge is -2.29. The summed E-state index contributed by atoms with van der Waals surface area (Å²) in [5.74, 6) is -5.29. The molecule has 1 aliphatic heterocycles. The lowest BCUT2D eigenvalue weighted by atomic mass is 10.0. The zero-order valence-electron chi connectivity index (χ0n) is 32.5. The van der Waals surface area contributed by atoms with E-state index in [-0.39, 0.29) is 50.1 Å². The van der Waals surface area contributed by atoms with Crippen molar-refractivity contribution >= 4 is 65.0 Å². The average molecular weight is 800 g/mol. The molecule has 0 radical (unpaired) electrons. The third kappa shape index (κ3) is 19.5. The van der Waals surface area contributed by atoms with E-state index >= 15 is 0 Å². The Morgan fingerprint density at radius 3 is 1.93 bits per heavy atom. The van der Waals surface area contributed by atoms with Crippen molar-refractivity contribution in [3.05, 3.63) is 0 Å². The van der Waals surface area contributed by atoms with E-state index < -0.39 is 97.2 Å². The van der Waals surface area contributed by atoms with E-state index in [1.54, 1.807) is 0 Å². The molecule has 13 N–H and O–H groups in total. The lowest BCUT2D eigenvalue weighted by molar-refractivity contribution is -0.143. The highest BCUT2D eigenvalue weighted by molar-refractivity contribution is 7.98. The quantitative estimate of drug-likeness (QED) is 0.0255. The molecule has 0 aliphatic carbocycles. The van der Waals surface area contributed by atoms with E-state index in [1.165, 1.54) is 16.7 Å². The molecule has 1 heterocycles. The van der Waals surface area contributed by atoms with Crippen LogP contribution in [0.25, 0.3) is 0 Å². The summed E-state index contributed by atoms with van der Waals surface area (Å²) >= 11 is 1.42. The summed E-state index contributed by atoms with van der Waals surface area (Å²) in [5.41, 5.74) is 11.2. The van der Waals surface area contributed by atoms with Crippen molar-refractivity contribution < 1.29 is 43.5 Å². The van der Waals surface area contributed by atoms with E-state index in [4.69, 9.17) is 22.0 Å². The van der Waals surface area contributed by atoms with Crippen molar-refractivity contribution in [1.29, 1.82) is 5.41 Å². The lowest BCUT2D eigenvalue weighted by Crippen LogP contribution is -2.57. The molecule has 1 rings (SSSR count). The number of nitrogens with one attached hydrogen (secondary N) is 8. The Hall–Kier alpha value is -4.66. The predicted molar refractivity (Wildman–Crippen MR) is 206 cm³/mol. The van der Waals surface area contributed by atoms with E-state index in [1.807, 2.05) is 34.0 Å². The number of amides is 7. The third-order valence-electron chi connectivity index (χ3n) is 8.38. The van der Waals surface area contributed by atoms with Crippen LogP contribution in [0.2, 0.25) is 0 Å². The first kappa shape index (κ1) is 48.4. The van der Waals surface area contributed by atoms with Gasteiger partial charge in [0.2, 0.25) is 41.4 Å². The van der Waals surface area contributed by atoms with Crippen LogP contribution < -0.4 is 48.7 Å². The standard InChI is InChI=1S/C34H61N11O9S/c1-19(2)14-21(35)29(50)39-16-26(46)42-22(8-6-11-38-34(36)37)31(52)44-23(10-13-55-5)30(51)40-17-27(47)43-24(15-20(3)4)33(54)45-12-7-9-25(45)32(53)41-18-28(48)49/h19-25H,6-18,35H2,1-5H3,(H,39,50)(H,40,51)(H,41,53)(H,42,46)(H,43,47)(H,44,52)(H,48,49)(H4,36,37,38)/t21-,22-,23-,24-,25-/m0/s1. The molecule has 0 aromatic heterocycles. The molecule has 0 aromatic carbocycles. The van der Waals surface area contributed by atoms with Crippen molar-refractivity contribution in [3.63, 3.8) is 0 Å². The van der Waals surface area contributed by atoms with Gasteiger partial charge in [-0.05, 0) is 68.8 Å². The molecule has 0 aromatic rings. The number of thioether (sulfide) groups is 1. The van der Waals surface area contributed by atoms with Crippen molar-refractivity contribution in [2.45, 2.75) is 103 Å². The van der Waals surface area contributed by atoms with Gasteiger partial charge in [0, 0.05) is 13.1 Å². The molecule has 0 saturated carbocycles. The van der Waals surface area contributed by atoms with Gasteiger partial charge in [-0.25, -0.2) is 0 Å². The van der Waals surface area contributed by atoms with Crippen LogP contribution in [0.5, 0.6) is 0 Å². The molecular weight excluding hydrogens is 739 g/mol. The number of carbonyl (C=O) groups is 8. The minimum Gasteiger partial charge on any atom is -0.480 e. The maximum atomic E-state index is 13.6. The number of nitrogens with zero attached hydrogens (tertiary/aromatic N) is 1. The molecule has 1 fully saturated rings. The third-order valence-corrected chi connectivity index (χ3v) is 9.03. The molecule has 0 spiro atoms. The summed E-state index contributed by atoms with van der Waals surface area (Å²) in [6.45, 7) is 6.40. The Labute approximate surface area is 326 Å². The average Bonchev–Trinajstić information content (AvgIpc) is 3.60. The normalized spacial score (nSPS) is 15.9. The van der Waals surface area contributed by atoms with Gasteiger partial charge in [0.1, 0.15) is 30.7 Å². The number of guanidine groups is 1. The maximum absolute atomic E-state index is 13.6. The number of hydrogen-bond donors (Lipinski definition) is 11. The zero-order chi connectivity index (χ0) is 41.7. The van der Waals surface area contributed by atoms with Crippen molar-refractivity contribution in [2.24, 2.45) is 23.3 Å². The molecule has 312 valence electrons. The summed E-state index contributed by atoms with van der Waals surface area (Å²) in [6.07, 6.45) is 3.86. The minimum atomic E-state index is -1.22. The molecule has 55 heavy (non-hydrogen) atoms. The molecule has 21 heteroatoms. The van der Waals surface area contributed by atoms with Crippen molar-refractivity contribution in [3.8, 4) is 0 Å². The molecule has 20 nitrogen and oxygen atoms in total. The number of nitrogens with two attached hydrogens (primary N) is 2. The highest BCUT2D eigenvalue weighted by atomic mass is 32.2. The Balaban J connectivity index is 2.98. The maximum Gasteiger partial charge on any atom is 0.322 e. The van der Waals surface area contributed by atoms with E-state index in [2.05, 4.69) is 37.2 Å². The van der Waals surface area contributed by atoms with Crippen LogP contribution in [0.3, 0.4) is 0 Å². The smallest absolute Gasteiger partial charge is 0.322 e. The van der Waals surface area contributed by atoms with Gasteiger partial charge in [-0.1, -0.05) is 27.7 Å². The molecule has 0 unspecified atom stereocenters. The van der Waals surface area contributed by atoms with Gasteiger partial charge < -0.3 is 58.7 Å². The van der Waals surface area contributed by atoms with Gasteiger partial charge in [0.25, 0.3) is 0 Å². The number of carboxylic acids is 1. The van der Waals surface area contributed by atoms with Crippen molar-refractivity contribution in [1.82, 2.24) is 42.1 Å². The number of aliphatic carboxylic acids is 1. The largest absolute Gasteiger partial charge is 0.480 e. The Morgan fingerprint density at radius 2 is 1.36 bits per heavy atom. The number of likely N-dealkylation sites (tertiary alicyclic amines) is 1. The van der Waals surface area contributed by atoms with E-state index in [0.29, 0.717) is 31.4 Å². The number of carbonyl (C=O) groups excluding carboxylic acids is 7. The first-order valence-electron chi connectivity index (χ1n) is 18.4. The molecule has 7 amide bonds. The summed E-state index contributed by atoms with van der Waals surface area (Å²) in [4.78, 5) is 104. The van der Waals surface area contributed by atoms with Gasteiger partial charge in [-0.15, -0.1) is 0 Å². The zero-order valence-corrected chi connectivity index (χ0v) is 33.3. The first-order valence-corrected chi connectivity index (χ1v) is 19.8. The van der Waals surface area contributed by atoms with Gasteiger partial charge in [0.05, 0.1) is 19.1 Å². The number of rotatable bonds is 25. The molecule has 0 bridgehead atoms. The summed E-state index contributed by atoms with van der Waals surface area (Å²) in [6, 6.07) is -4.98. The topological polar surface area (TPSA) is 320 Å². The summed E-state index contributed by atoms with van der Waals surface area (Å²) < 4.78 is 0. The van der Waals surface area contributed by atoms with Crippen LogP contribution >= 0.6 is 11.8 Å². The SMILES string of the molecule is CSCC[C@H](NC(=O)[C@H](CCCNC(=N)N)NC(=O)CNC(=O)[C@@H](N)CC(C)C)C(=O)NCC(=O)N[C@@H](CC(C)C)C(=O)N1CCC[C@H]1C(=O)NCC(=O)O. The van der Waals surface area contributed by atoms with E-state index in [9.17, 15) is 38.4 Å². The van der Waals surface area contributed by atoms with E-state index in [0.717, 1.165) is 0 Å². The highest BCUT2D eigenvalue weighted by Gasteiger charge is 2.38. The van der Waals surface area contributed by atoms with Crippen LogP contribution in [0, 0.1) is 17.2 Å². The second-order valence-electron chi connectivity index (χ2n) is 14.2. The summed E-state index contributed by atoms with van der Waals surface area (Å²) in [7, 11) is 0. The van der Waals surface area contributed by atoms with Crippen LogP contribution in [0.4, 0.5) is 0 Å².